The number of halogens is 1. The topological polar surface area (TPSA) is 33.0 Å². The molecule has 0 amide bonds. The van der Waals surface area contributed by atoms with Crippen LogP contribution in [0.15, 0.2) is 24.3 Å². The number of ether oxygens (including phenoxy) is 1. The minimum atomic E-state index is -0.540. The molecule has 0 bridgehead atoms. The fourth-order valence-electron chi connectivity index (χ4n) is 3.83. The first-order chi connectivity index (χ1) is 9.16. The molecule has 0 N–H and O–H groups in total. The zero-order valence-electron chi connectivity index (χ0n) is 11.2. The lowest BCUT2D eigenvalue weighted by Crippen LogP contribution is -2.61. The first-order valence-corrected chi connectivity index (χ1v) is 7.33. The molecule has 1 heterocycles. The molecule has 0 aromatic heterocycles. The fourth-order valence-corrected chi connectivity index (χ4v) is 3.95. The van der Waals surface area contributed by atoms with Crippen LogP contribution in [0.5, 0.6) is 0 Å². The van der Waals surface area contributed by atoms with E-state index in [9.17, 15) is 5.26 Å². The maximum absolute atomic E-state index is 9.64. The second-order valence-corrected chi connectivity index (χ2v) is 6.27. The third-order valence-corrected chi connectivity index (χ3v) is 5.40. The van der Waals surface area contributed by atoms with Crippen molar-refractivity contribution in [3.63, 3.8) is 0 Å². The number of rotatable bonds is 3. The van der Waals surface area contributed by atoms with Gasteiger partial charge in [-0.15, -0.1) is 0 Å². The van der Waals surface area contributed by atoms with Gasteiger partial charge in [-0.1, -0.05) is 30.7 Å². The maximum atomic E-state index is 9.64. The van der Waals surface area contributed by atoms with Crippen LogP contribution < -0.4 is 0 Å². The van der Waals surface area contributed by atoms with Gasteiger partial charge >= 0.3 is 0 Å². The monoisotopic (exact) mass is 275 g/mol. The van der Waals surface area contributed by atoms with Crippen molar-refractivity contribution in [1.29, 1.82) is 5.26 Å². The Morgan fingerprint density at radius 3 is 2.68 bits per heavy atom. The zero-order chi connectivity index (χ0) is 13.5. The van der Waals surface area contributed by atoms with E-state index >= 15 is 0 Å². The summed E-state index contributed by atoms with van der Waals surface area (Å²) in [7, 11) is 0. The molecule has 1 unspecified atom stereocenters. The Morgan fingerprint density at radius 1 is 1.42 bits per heavy atom. The minimum Gasteiger partial charge on any atom is -0.358 e. The normalized spacial score (nSPS) is 36.4. The smallest absolute Gasteiger partial charge is 0.165 e. The van der Waals surface area contributed by atoms with Crippen LogP contribution in [-0.4, -0.2) is 12.2 Å². The third kappa shape index (κ3) is 1.72. The van der Waals surface area contributed by atoms with Gasteiger partial charge in [-0.3, -0.25) is 0 Å². The quantitative estimate of drug-likeness (QED) is 0.836. The van der Waals surface area contributed by atoms with Crippen LogP contribution in [0.3, 0.4) is 0 Å². The van der Waals surface area contributed by atoms with Gasteiger partial charge in [-0.25, -0.2) is 0 Å². The van der Waals surface area contributed by atoms with Crippen molar-refractivity contribution in [2.24, 2.45) is 11.3 Å². The Bertz CT molecular complexity index is 517. The van der Waals surface area contributed by atoms with Crippen molar-refractivity contribution in [2.75, 3.05) is 6.61 Å². The summed E-state index contributed by atoms with van der Waals surface area (Å²) in [5, 5.41) is 10.4. The van der Waals surface area contributed by atoms with E-state index in [0.29, 0.717) is 5.92 Å². The molecule has 1 saturated heterocycles. The van der Waals surface area contributed by atoms with Crippen LogP contribution in [-0.2, 0) is 11.2 Å². The average molecular weight is 276 g/mol. The summed E-state index contributed by atoms with van der Waals surface area (Å²) in [5.74, 6) is 0.312. The summed E-state index contributed by atoms with van der Waals surface area (Å²) in [6, 6.07) is 10.4. The van der Waals surface area contributed by atoms with Crippen LogP contribution in [0.1, 0.15) is 31.7 Å². The molecule has 0 spiro atoms. The third-order valence-electron chi connectivity index (χ3n) is 5.15. The molecule has 3 heteroatoms. The highest BCUT2D eigenvalue weighted by molar-refractivity contribution is 6.30. The summed E-state index contributed by atoms with van der Waals surface area (Å²) < 4.78 is 5.81. The first-order valence-electron chi connectivity index (χ1n) is 6.95. The number of hydrogen-bond acceptors (Lipinski definition) is 2. The molecule has 3 atom stereocenters. The molecule has 19 heavy (non-hydrogen) atoms. The molecule has 3 rings (SSSR count). The Balaban J connectivity index is 1.83. The lowest BCUT2D eigenvalue weighted by atomic mass is 9.65. The molecule has 2 fully saturated rings. The predicted octanol–water partition coefficient (Wildman–Crippen LogP) is 3.98. The van der Waals surface area contributed by atoms with E-state index in [1.54, 1.807) is 0 Å². The van der Waals surface area contributed by atoms with E-state index in [4.69, 9.17) is 16.3 Å². The Labute approximate surface area is 119 Å². The second kappa shape index (κ2) is 4.51. The molecule has 1 aromatic carbocycles. The summed E-state index contributed by atoms with van der Waals surface area (Å²) >= 11 is 5.91. The van der Waals surface area contributed by atoms with E-state index in [-0.39, 0.29) is 5.41 Å². The summed E-state index contributed by atoms with van der Waals surface area (Å²) in [6.07, 6.45) is 4.16. The van der Waals surface area contributed by atoms with E-state index in [1.807, 2.05) is 12.1 Å². The van der Waals surface area contributed by atoms with Gasteiger partial charge in [0, 0.05) is 16.4 Å². The van der Waals surface area contributed by atoms with Gasteiger partial charge in [-0.2, -0.15) is 5.26 Å². The highest BCUT2D eigenvalue weighted by Gasteiger charge is 2.67. The SMILES string of the molecule is CC[C@@]12CCC(Cc3ccc(Cl)cc3)[C@]1(C#N)OC2. The van der Waals surface area contributed by atoms with E-state index < -0.39 is 5.60 Å². The van der Waals surface area contributed by atoms with Crippen molar-refractivity contribution in [2.45, 2.75) is 38.2 Å². The standard InChI is InChI=1S/C16H18ClNO/c1-2-15-8-7-13(16(15,10-18)19-11-15)9-12-3-5-14(17)6-4-12/h3-6,13H,2,7-9,11H2,1H3/t13?,15-,16-/m0/s1. The molecule has 2 aliphatic rings. The molecular formula is C16H18ClNO. The van der Waals surface area contributed by atoms with E-state index in [1.165, 1.54) is 5.56 Å². The largest absolute Gasteiger partial charge is 0.358 e. The van der Waals surface area contributed by atoms with Crippen molar-refractivity contribution < 1.29 is 4.74 Å². The summed E-state index contributed by atoms with van der Waals surface area (Å²) in [4.78, 5) is 0. The van der Waals surface area contributed by atoms with Crippen LogP contribution in [0.4, 0.5) is 0 Å². The van der Waals surface area contributed by atoms with Crippen LogP contribution in [0, 0.1) is 22.7 Å². The van der Waals surface area contributed by atoms with Crippen molar-refractivity contribution >= 4 is 11.6 Å². The van der Waals surface area contributed by atoms with Crippen LogP contribution in [0.2, 0.25) is 5.02 Å². The molecular weight excluding hydrogens is 258 g/mol. The Morgan fingerprint density at radius 2 is 2.16 bits per heavy atom. The van der Waals surface area contributed by atoms with Gasteiger partial charge in [0.2, 0.25) is 0 Å². The van der Waals surface area contributed by atoms with E-state index in [0.717, 1.165) is 37.3 Å². The van der Waals surface area contributed by atoms with Gasteiger partial charge in [0.25, 0.3) is 0 Å². The van der Waals surface area contributed by atoms with E-state index in [2.05, 4.69) is 25.1 Å². The first kappa shape index (κ1) is 13.0. The molecule has 1 aliphatic heterocycles. The second-order valence-electron chi connectivity index (χ2n) is 5.84. The van der Waals surface area contributed by atoms with Crippen LogP contribution in [0.25, 0.3) is 0 Å². The van der Waals surface area contributed by atoms with Gasteiger partial charge < -0.3 is 4.74 Å². The van der Waals surface area contributed by atoms with Gasteiger partial charge in [0.05, 0.1) is 12.7 Å². The molecule has 1 aliphatic carbocycles. The van der Waals surface area contributed by atoms with Crippen molar-refractivity contribution in [1.82, 2.24) is 0 Å². The number of hydrogen-bond donors (Lipinski definition) is 0. The summed E-state index contributed by atoms with van der Waals surface area (Å²) in [6.45, 7) is 2.94. The zero-order valence-corrected chi connectivity index (χ0v) is 11.9. The highest BCUT2D eigenvalue weighted by atomic mass is 35.5. The number of nitriles is 1. The average Bonchev–Trinajstić information content (AvgIpc) is 2.61. The van der Waals surface area contributed by atoms with Crippen molar-refractivity contribution in [3.05, 3.63) is 34.9 Å². The molecule has 0 radical (unpaired) electrons. The highest BCUT2D eigenvalue weighted by Crippen LogP contribution is 2.61. The predicted molar refractivity (Wildman–Crippen MR) is 74.9 cm³/mol. The lowest BCUT2D eigenvalue weighted by Gasteiger charge is -2.52. The minimum absolute atomic E-state index is 0.110. The summed E-state index contributed by atoms with van der Waals surface area (Å²) in [5.41, 5.74) is 0.812. The Kier molecular flexibility index (Phi) is 3.08. The number of fused-ring (bicyclic) bond motifs is 1. The molecule has 1 saturated carbocycles. The van der Waals surface area contributed by atoms with Crippen LogP contribution >= 0.6 is 11.6 Å². The Hall–Kier alpha value is -1.04. The van der Waals surface area contributed by atoms with Gasteiger partial charge in [0.1, 0.15) is 0 Å². The maximum Gasteiger partial charge on any atom is 0.165 e. The molecule has 2 nitrogen and oxygen atoms in total. The number of nitrogens with zero attached hydrogens (tertiary/aromatic N) is 1. The lowest BCUT2D eigenvalue weighted by molar-refractivity contribution is -0.234. The van der Waals surface area contributed by atoms with Gasteiger partial charge in [0.15, 0.2) is 5.60 Å². The molecule has 1 aromatic rings. The molecule has 100 valence electrons. The van der Waals surface area contributed by atoms with Crippen molar-refractivity contribution in [3.8, 4) is 6.07 Å². The van der Waals surface area contributed by atoms with Gasteiger partial charge in [-0.05, 0) is 43.4 Å². The number of benzene rings is 1. The fraction of sp³-hybridized carbons (Fsp3) is 0.562.